The number of alkyl halides is 1. The molecule has 0 bridgehead atoms. The Kier molecular flexibility index (Phi) is 5.32. The van der Waals surface area contributed by atoms with Crippen molar-refractivity contribution >= 4 is 24.4 Å². The molecule has 3 rings (SSSR count). The van der Waals surface area contributed by atoms with Gasteiger partial charge in [0.1, 0.15) is 5.56 Å². The zero-order valence-corrected chi connectivity index (χ0v) is 19.1. The van der Waals surface area contributed by atoms with Crippen molar-refractivity contribution < 1.29 is 14.3 Å². The summed E-state index contributed by atoms with van der Waals surface area (Å²) in [6.07, 6.45) is 5.02. The molecule has 9 heteroatoms. The van der Waals surface area contributed by atoms with Crippen LogP contribution in [0.15, 0.2) is 16.9 Å². The molecule has 1 saturated heterocycles. The van der Waals surface area contributed by atoms with Gasteiger partial charge in [0.05, 0.1) is 5.69 Å². The Morgan fingerprint density at radius 1 is 1.28 bits per heavy atom. The molecule has 2 heterocycles. The summed E-state index contributed by atoms with van der Waals surface area (Å²) in [6.45, 7) is 2.94. The molecule has 2 aliphatic rings. The van der Waals surface area contributed by atoms with E-state index in [0.29, 0.717) is 18.5 Å². The summed E-state index contributed by atoms with van der Waals surface area (Å²) in [6, 6.07) is 2.56. The molecule has 1 aliphatic carbocycles. The standard InChI is InChI=1S/C16H23FN2O3P2.Cm/c17-16(23,24)12-3-2-11(14(21)22)13(20)19(12)9-8-18-7-6-15(10-18)4-1-5-15;/h2-3H,1,4-10,23-24H2,(H,21,22);. The molecule has 0 amide bonds. The van der Waals surface area contributed by atoms with E-state index in [0.717, 1.165) is 13.1 Å². The first-order chi connectivity index (χ1) is 11.2. The van der Waals surface area contributed by atoms with Gasteiger partial charge < -0.3 is 14.6 Å². The molecule has 2 unspecified atom stereocenters. The minimum absolute atomic E-state index is 0. The normalized spacial score (nSPS) is 19.5. The van der Waals surface area contributed by atoms with Gasteiger partial charge in [-0.1, -0.05) is 24.9 Å². The number of likely N-dealkylation sites (tertiary alicyclic amines) is 1. The van der Waals surface area contributed by atoms with Crippen LogP contribution >= 0.6 is 18.5 Å². The Labute approximate surface area is 145 Å². The molecule has 2 fully saturated rings. The fourth-order valence-corrected chi connectivity index (χ4v) is 4.35. The van der Waals surface area contributed by atoms with Crippen LogP contribution in [0.2, 0.25) is 0 Å². The van der Waals surface area contributed by atoms with Crippen LogP contribution < -0.4 is 5.56 Å². The summed E-state index contributed by atoms with van der Waals surface area (Å²) in [7, 11) is 4.08. The molecule has 25 heavy (non-hydrogen) atoms. The van der Waals surface area contributed by atoms with Crippen LogP contribution in [0.4, 0.5) is 4.39 Å². The second-order valence-corrected chi connectivity index (χ2v) is 9.39. The molecule has 0 radical (unpaired) electrons. The fourth-order valence-electron chi connectivity index (χ4n) is 3.84. The molecule has 1 aromatic heterocycles. The third-order valence-electron chi connectivity index (χ3n) is 5.37. The van der Waals surface area contributed by atoms with Crippen molar-refractivity contribution in [2.75, 3.05) is 19.6 Å². The average molecular weight is 619 g/mol. The van der Waals surface area contributed by atoms with Crippen LogP contribution in [-0.4, -0.2) is 40.2 Å². The Hall–Kier alpha value is -1.83. The van der Waals surface area contributed by atoms with E-state index in [1.54, 1.807) is 0 Å². The largest absolute Gasteiger partial charge is 0.477 e. The molecule has 2 atom stereocenters. The van der Waals surface area contributed by atoms with Crippen molar-refractivity contribution in [3.8, 4) is 0 Å². The van der Waals surface area contributed by atoms with Crippen LogP contribution in [0.3, 0.4) is 0 Å². The SMILES string of the molecule is O=C(O)c1ccc(C(F)(P)P)n(CCN2CCC3(CCC3)C2)c1=O.[Cm]. The maximum atomic E-state index is 14.4. The van der Waals surface area contributed by atoms with Crippen molar-refractivity contribution in [1.82, 2.24) is 9.47 Å². The van der Waals surface area contributed by atoms with E-state index >= 15 is 0 Å². The zero-order chi connectivity index (χ0) is 17.5. The van der Waals surface area contributed by atoms with Crippen LogP contribution in [-0.2, 0) is 11.7 Å². The number of hydrogen-bond acceptors (Lipinski definition) is 3. The Morgan fingerprint density at radius 3 is 2.44 bits per heavy atom. The monoisotopic (exact) mass is 615 g/mol. The van der Waals surface area contributed by atoms with Gasteiger partial charge >= 0.3 is 5.97 Å². The van der Waals surface area contributed by atoms with E-state index in [-0.39, 0.29) is 11.3 Å². The Bertz CT molecular complexity index is 716. The van der Waals surface area contributed by atoms with Crippen molar-refractivity contribution in [3.05, 3.63) is 33.7 Å². The number of carbonyl (C=O) groups is 1. The smallest absolute Gasteiger partial charge is 0.341 e. The average Bonchev–Trinajstić information content (AvgIpc) is 2.89. The summed E-state index contributed by atoms with van der Waals surface area (Å²) in [5.74, 6) is -1.29. The van der Waals surface area contributed by atoms with Crippen molar-refractivity contribution in [2.24, 2.45) is 5.41 Å². The fraction of sp³-hybridized carbons (Fsp3) is 0.625. The van der Waals surface area contributed by atoms with Gasteiger partial charge in [0.2, 0.25) is 0 Å². The molecule has 1 aliphatic heterocycles. The van der Waals surface area contributed by atoms with E-state index < -0.39 is 16.7 Å². The Balaban J connectivity index is 0.00000225. The molecule has 1 N–H and O–H groups in total. The second-order valence-electron chi connectivity index (χ2n) is 7.04. The van der Waals surface area contributed by atoms with Gasteiger partial charge in [-0.3, -0.25) is 4.79 Å². The summed E-state index contributed by atoms with van der Waals surface area (Å²) in [5, 5.41) is 7.28. The molecule has 1 aromatic rings. The number of carboxylic acid groups (broad SMARTS) is 1. The van der Waals surface area contributed by atoms with Gasteiger partial charge in [-0.2, -0.15) is 0 Å². The third-order valence-corrected chi connectivity index (χ3v) is 5.96. The summed E-state index contributed by atoms with van der Waals surface area (Å²) >= 11 is 0. The first-order valence-corrected chi connectivity index (χ1v) is 9.34. The van der Waals surface area contributed by atoms with Gasteiger partial charge in [0.15, 0.2) is 5.15 Å². The number of aromatic nitrogens is 1. The van der Waals surface area contributed by atoms with Gasteiger partial charge in [0.25, 0.3) is 5.56 Å². The maximum Gasteiger partial charge on any atom is 0.341 e. The topological polar surface area (TPSA) is 62.5 Å². The first-order valence-electron chi connectivity index (χ1n) is 8.19. The van der Waals surface area contributed by atoms with Crippen LogP contribution in [0.1, 0.15) is 41.7 Å². The van der Waals surface area contributed by atoms with E-state index in [1.807, 2.05) is 18.5 Å². The van der Waals surface area contributed by atoms with Crippen LogP contribution in [0, 0.1) is 5.41 Å². The summed E-state index contributed by atoms with van der Waals surface area (Å²) in [4.78, 5) is 26.0. The Morgan fingerprint density at radius 2 is 1.96 bits per heavy atom. The predicted molar refractivity (Wildman–Crippen MR) is 97.2 cm³/mol. The third kappa shape index (κ3) is 3.73. The quantitative estimate of drug-likeness (QED) is 0.515. The molecule has 1 spiro atoms. The zero-order valence-electron chi connectivity index (χ0n) is 13.9. The number of nitrogens with zero attached hydrogens (tertiary/aromatic N) is 2. The van der Waals surface area contributed by atoms with Crippen LogP contribution in [0.25, 0.3) is 0 Å². The predicted octanol–water partition coefficient (Wildman–Crippen LogP) is 2.25. The second kappa shape index (κ2) is 6.82. The van der Waals surface area contributed by atoms with E-state index in [9.17, 15) is 14.0 Å². The minimum atomic E-state index is -1.86. The number of hydrogen-bond donors (Lipinski definition) is 1. The summed E-state index contributed by atoms with van der Waals surface area (Å²) < 4.78 is 15.6. The number of aromatic carboxylic acids is 1. The van der Waals surface area contributed by atoms with E-state index in [1.165, 1.54) is 42.4 Å². The molecule has 5 nitrogen and oxygen atoms in total. The molecule has 0 aromatic carbocycles. The van der Waals surface area contributed by atoms with Gasteiger partial charge in [-0.15, -0.1) is 0 Å². The van der Waals surface area contributed by atoms with E-state index in [2.05, 4.69) is 4.90 Å². The molecular weight excluding hydrogens is 596 g/mol. The van der Waals surface area contributed by atoms with Crippen LogP contribution in [0.5, 0.6) is 0 Å². The number of halogens is 1. The van der Waals surface area contributed by atoms with Crippen molar-refractivity contribution in [2.45, 2.75) is 37.4 Å². The van der Waals surface area contributed by atoms with E-state index in [4.69, 9.17) is 5.11 Å². The maximum absolute atomic E-state index is 14.4. The first kappa shape index (κ1) is 19.5. The number of carboxylic acids is 1. The van der Waals surface area contributed by atoms with Gasteiger partial charge in [0, 0.05) is 19.6 Å². The van der Waals surface area contributed by atoms with Crippen molar-refractivity contribution in [3.63, 3.8) is 0 Å². The van der Waals surface area contributed by atoms with Gasteiger partial charge in [-0.25, -0.2) is 9.18 Å². The van der Waals surface area contributed by atoms with Crippen molar-refractivity contribution in [1.29, 1.82) is 0 Å². The minimum Gasteiger partial charge on any atom is -0.477 e. The molecule has 140 valence electrons. The summed E-state index contributed by atoms with van der Waals surface area (Å²) in [5.41, 5.74) is -0.355. The molecular formula is C16H23CmFN2O3P2. The number of pyridine rings is 1. The molecule has 1 saturated carbocycles. The number of rotatable bonds is 5. The van der Waals surface area contributed by atoms with Gasteiger partial charge in [-0.05, 0) is 43.4 Å².